The van der Waals surface area contributed by atoms with Crippen LogP contribution in [-0.4, -0.2) is 98.6 Å². The summed E-state index contributed by atoms with van der Waals surface area (Å²) in [6, 6.07) is 20.8. The second-order valence-electron chi connectivity index (χ2n) is 11.3. The van der Waals surface area contributed by atoms with E-state index in [0.29, 0.717) is 26.1 Å². The molecule has 0 aliphatic carbocycles. The average Bonchev–Trinajstić information content (AvgIpc) is 3.36. The van der Waals surface area contributed by atoms with Gasteiger partial charge in [-0.25, -0.2) is 0 Å². The molecule has 1 atom stereocenters. The van der Waals surface area contributed by atoms with Crippen LogP contribution in [0.25, 0.3) is 0 Å². The van der Waals surface area contributed by atoms with Gasteiger partial charge in [0, 0.05) is 51.4 Å². The largest absolute Gasteiger partial charge is 0.379 e. The van der Waals surface area contributed by atoms with Crippen molar-refractivity contribution in [3.05, 3.63) is 66.2 Å². The van der Waals surface area contributed by atoms with Crippen LogP contribution in [0, 0.1) is 11.8 Å². The van der Waals surface area contributed by atoms with Crippen LogP contribution >= 0.6 is 0 Å². The third-order valence-electron chi connectivity index (χ3n) is 8.62. The van der Waals surface area contributed by atoms with E-state index in [2.05, 4.69) is 40.1 Å². The van der Waals surface area contributed by atoms with Crippen LogP contribution < -0.4 is 4.90 Å². The Morgan fingerprint density at radius 1 is 0.846 bits per heavy atom. The summed E-state index contributed by atoms with van der Waals surface area (Å²) in [5.41, 5.74) is 2.38. The number of benzene rings is 2. The molecule has 0 spiro atoms. The first-order valence-corrected chi connectivity index (χ1v) is 14.9. The fraction of sp³-hybridized carbons (Fsp3) is 0.562. The van der Waals surface area contributed by atoms with Crippen molar-refractivity contribution in [2.24, 2.45) is 11.8 Å². The van der Waals surface area contributed by atoms with Crippen LogP contribution in [0.2, 0.25) is 0 Å². The number of likely N-dealkylation sites (tertiary alicyclic amines) is 2. The van der Waals surface area contributed by atoms with Crippen molar-refractivity contribution >= 4 is 17.5 Å². The molecule has 39 heavy (non-hydrogen) atoms. The van der Waals surface area contributed by atoms with E-state index in [4.69, 9.17) is 4.74 Å². The minimum absolute atomic E-state index is 0.0880. The summed E-state index contributed by atoms with van der Waals surface area (Å²) in [5.74, 6) is 0.686. The van der Waals surface area contributed by atoms with Crippen LogP contribution in [0.1, 0.15) is 31.2 Å². The molecule has 210 valence electrons. The predicted octanol–water partition coefficient (Wildman–Crippen LogP) is 3.55. The van der Waals surface area contributed by atoms with E-state index in [0.717, 1.165) is 70.5 Å². The van der Waals surface area contributed by atoms with Gasteiger partial charge in [0.1, 0.15) is 0 Å². The van der Waals surface area contributed by atoms with E-state index < -0.39 is 0 Å². The van der Waals surface area contributed by atoms with E-state index in [-0.39, 0.29) is 17.7 Å². The summed E-state index contributed by atoms with van der Waals surface area (Å²) in [7, 11) is 0. The van der Waals surface area contributed by atoms with Crippen molar-refractivity contribution in [1.82, 2.24) is 14.7 Å². The van der Waals surface area contributed by atoms with Crippen molar-refractivity contribution in [2.75, 3.05) is 77.0 Å². The topological polar surface area (TPSA) is 56.3 Å². The molecule has 7 heteroatoms. The number of amides is 2. The molecule has 0 saturated carbocycles. The zero-order valence-corrected chi connectivity index (χ0v) is 23.3. The Balaban J connectivity index is 1.10. The van der Waals surface area contributed by atoms with Crippen LogP contribution in [-0.2, 0) is 20.7 Å². The second-order valence-corrected chi connectivity index (χ2v) is 11.3. The SMILES string of the molecule is O=C1CC(C(=O)N(CCCN2CCC(Cc3ccccc3)CC2)c2ccccc2)CN1CCN1CCOCC1. The number of carbonyl (C=O) groups is 2. The molecule has 0 aromatic heterocycles. The van der Waals surface area contributed by atoms with E-state index in [9.17, 15) is 9.59 Å². The molecule has 3 heterocycles. The Labute approximate surface area is 233 Å². The fourth-order valence-corrected chi connectivity index (χ4v) is 6.25. The standard InChI is InChI=1S/C32H44N4O3/c37-31-25-29(26-35(31)19-18-34-20-22-39-23-21-34)32(38)36(30-10-5-2-6-11-30)15-7-14-33-16-12-28(13-17-33)24-27-8-3-1-4-9-27/h1-6,8-11,28-29H,7,12-26H2. The maximum atomic E-state index is 13.7. The summed E-state index contributed by atoms with van der Waals surface area (Å²) in [5, 5.41) is 0. The summed E-state index contributed by atoms with van der Waals surface area (Å²) in [4.78, 5) is 35.3. The first kappa shape index (κ1) is 27.8. The molecule has 2 aromatic carbocycles. The summed E-state index contributed by atoms with van der Waals surface area (Å²) in [6.45, 7) is 9.36. The second kappa shape index (κ2) is 14.1. The molecule has 0 radical (unpaired) electrons. The van der Waals surface area contributed by atoms with E-state index >= 15 is 0 Å². The number of hydrogen-bond acceptors (Lipinski definition) is 5. The highest BCUT2D eigenvalue weighted by Gasteiger charge is 2.37. The number of ether oxygens (including phenoxy) is 1. The Hall–Kier alpha value is -2.74. The third kappa shape index (κ3) is 7.90. The van der Waals surface area contributed by atoms with Crippen LogP contribution in [0.3, 0.4) is 0 Å². The smallest absolute Gasteiger partial charge is 0.232 e. The maximum absolute atomic E-state index is 13.7. The normalized spacial score (nSPS) is 21.4. The van der Waals surface area contributed by atoms with Crippen molar-refractivity contribution in [3.63, 3.8) is 0 Å². The molecule has 0 bridgehead atoms. The first-order chi connectivity index (χ1) is 19.2. The Morgan fingerprint density at radius 2 is 1.51 bits per heavy atom. The molecular formula is C32H44N4O3. The highest BCUT2D eigenvalue weighted by Crippen LogP contribution is 2.25. The van der Waals surface area contributed by atoms with Gasteiger partial charge < -0.3 is 19.4 Å². The molecule has 0 N–H and O–H groups in total. The predicted molar refractivity (Wildman–Crippen MR) is 155 cm³/mol. The Bertz CT molecular complexity index is 1040. The minimum atomic E-state index is -0.267. The quantitative estimate of drug-likeness (QED) is 0.443. The van der Waals surface area contributed by atoms with Crippen molar-refractivity contribution in [3.8, 4) is 0 Å². The van der Waals surface area contributed by atoms with Gasteiger partial charge in [-0.2, -0.15) is 0 Å². The summed E-state index contributed by atoms with van der Waals surface area (Å²) >= 11 is 0. The van der Waals surface area contributed by atoms with Gasteiger partial charge >= 0.3 is 0 Å². The number of rotatable bonds is 11. The van der Waals surface area contributed by atoms with Gasteiger partial charge in [0.05, 0.1) is 19.1 Å². The molecule has 1 unspecified atom stereocenters. The highest BCUT2D eigenvalue weighted by atomic mass is 16.5. The van der Waals surface area contributed by atoms with Crippen LogP contribution in [0.5, 0.6) is 0 Å². The Morgan fingerprint density at radius 3 is 2.23 bits per heavy atom. The van der Waals surface area contributed by atoms with E-state index in [1.165, 1.54) is 24.8 Å². The molecule has 3 fully saturated rings. The van der Waals surface area contributed by atoms with Gasteiger partial charge in [0.2, 0.25) is 11.8 Å². The van der Waals surface area contributed by atoms with Gasteiger partial charge in [-0.1, -0.05) is 48.5 Å². The maximum Gasteiger partial charge on any atom is 0.232 e. The van der Waals surface area contributed by atoms with Gasteiger partial charge in [-0.3, -0.25) is 14.5 Å². The zero-order chi connectivity index (χ0) is 26.9. The van der Waals surface area contributed by atoms with Crippen molar-refractivity contribution < 1.29 is 14.3 Å². The molecule has 5 rings (SSSR count). The average molecular weight is 533 g/mol. The molecule has 3 aliphatic rings. The lowest BCUT2D eigenvalue weighted by Gasteiger charge is -2.33. The molecule has 3 saturated heterocycles. The number of hydrogen-bond donors (Lipinski definition) is 0. The first-order valence-electron chi connectivity index (χ1n) is 14.9. The molecule has 7 nitrogen and oxygen atoms in total. The highest BCUT2D eigenvalue weighted by molar-refractivity contribution is 5.99. The van der Waals surface area contributed by atoms with Gasteiger partial charge in [0.25, 0.3) is 0 Å². The van der Waals surface area contributed by atoms with Crippen molar-refractivity contribution in [2.45, 2.75) is 32.1 Å². The summed E-state index contributed by atoms with van der Waals surface area (Å²) < 4.78 is 5.43. The molecular weight excluding hydrogens is 488 g/mol. The third-order valence-corrected chi connectivity index (χ3v) is 8.62. The lowest BCUT2D eigenvalue weighted by molar-refractivity contribution is -0.128. The number of nitrogens with zero attached hydrogens (tertiary/aromatic N) is 4. The molecule has 2 aromatic rings. The van der Waals surface area contributed by atoms with Gasteiger partial charge in [-0.15, -0.1) is 0 Å². The number of carbonyl (C=O) groups excluding carboxylic acids is 2. The molecule has 3 aliphatic heterocycles. The number of anilines is 1. The minimum Gasteiger partial charge on any atom is -0.379 e. The monoisotopic (exact) mass is 532 g/mol. The lowest BCUT2D eigenvalue weighted by atomic mass is 9.90. The fourth-order valence-electron chi connectivity index (χ4n) is 6.25. The number of morpholine rings is 1. The number of piperidine rings is 1. The van der Waals surface area contributed by atoms with Crippen molar-refractivity contribution in [1.29, 1.82) is 0 Å². The van der Waals surface area contributed by atoms with Crippen LogP contribution in [0.15, 0.2) is 60.7 Å². The van der Waals surface area contributed by atoms with Gasteiger partial charge in [0.15, 0.2) is 0 Å². The number of para-hydroxylation sites is 1. The zero-order valence-electron chi connectivity index (χ0n) is 23.3. The lowest BCUT2D eigenvalue weighted by Crippen LogP contribution is -2.43. The van der Waals surface area contributed by atoms with Gasteiger partial charge in [-0.05, 0) is 68.9 Å². The van der Waals surface area contributed by atoms with E-state index in [1.54, 1.807) is 0 Å². The van der Waals surface area contributed by atoms with E-state index in [1.807, 2.05) is 40.1 Å². The van der Waals surface area contributed by atoms with Crippen LogP contribution in [0.4, 0.5) is 5.69 Å². The summed E-state index contributed by atoms with van der Waals surface area (Å²) in [6.07, 6.45) is 4.90. The Kier molecular flexibility index (Phi) is 10.0. The molecule has 2 amide bonds.